The van der Waals surface area contributed by atoms with E-state index in [-0.39, 0.29) is 22.9 Å². The average molecular weight is 495 g/mol. The number of hydrogen-bond acceptors (Lipinski definition) is 6. The molecule has 0 radical (unpaired) electrons. The Balaban J connectivity index is 1.41. The van der Waals surface area contributed by atoms with Crippen molar-refractivity contribution in [1.82, 2.24) is 0 Å². The van der Waals surface area contributed by atoms with Gasteiger partial charge in [0.05, 0.1) is 11.9 Å². The van der Waals surface area contributed by atoms with Crippen LogP contribution < -0.4 is 19.1 Å². The quantitative estimate of drug-likeness (QED) is 0.527. The molecule has 9 heteroatoms. The number of phenols is 1. The number of aromatic hydroxyl groups is 1. The van der Waals surface area contributed by atoms with Crippen LogP contribution in [0, 0.1) is 0 Å². The van der Waals surface area contributed by atoms with Crippen LogP contribution >= 0.6 is 0 Å². The number of sulfonamides is 1. The number of carbonyl (C=O) groups excluding carboxylic acids is 1. The summed E-state index contributed by atoms with van der Waals surface area (Å²) in [5.41, 5.74) is 3.64. The molecule has 35 heavy (non-hydrogen) atoms. The van der Waals surface area contributed by atoms with Crippen molar-refractivity contribution >= 4 is 27.3 Å². The number of nitrogens with zero attached hydrogens (tertiary/aromatic N) is 1. The molecular formula is C26H26N2O6S. The van der Waals surface area contributed by atoms with Gasteiger partial charge in [-0.3, -0.25) is 9.52 Å². The van der Waals surface area contributed by atoms with E-state index < -0.39 is 10.0 Å². The van der Waals surface area contributed by atoms with Crippen LogP contribution in [0.1, 0.15) is 29.8 Å². The highest BCUT2D eigenvalue weighted by Crippen LogP contribution is 2.39. The topological polar surface area (TPSA) is 105 Å². The zero-order valence-electron chi connectivity index (χ0n) is 19.7. The second kappa shape index (κ2) is 8.20. The molecule has 2 aliphatic heterocycles. The lowest BCUT2D eigenvalue weighted by atomic mass is 9.93. The van der Waals surface area contributed by atoms with E-state index in [0.29, 0.717) is 42.3 Å². The number of benzene rings is 3. The third-order valence-corrected chi connectivity index (χ3v) is 6.60. The zero-order valence-corrected chi connectivity index (χ0v) is 20.5. The Morgan fingerprint density at radius 2 is 1.74 bits per heavy atom. The number of amides is 1. The van der Waals surface area contributed by atoms with Crippen LogP contribution in [-0.4, -0.2) is 44.4 Å². The Bertz CT molecular complexity index is 1450. The third-order valence-electron chi connectivity index (χ3n) is 6.01. The predicted octanol–water partition coefficient (Wildman–Crippen LogP) is 4.18. The number of fused-ring (bicyclic) bond motifs is 2. The van der Waals surface area contributed by atoms with E-state index in [4.69, 9.17) is 9.47 Å². The van der Waals surface area contributed by atoms with Crippen LogP contribution in [0.5, 0.6) is 17.2 Å². The number of hydrogen-bond donors (Lipinski definition) is 2. The summed E-state index contributed by atoms with van der Waals surface area (Å²) in [6.07, 6.45) is 1.63. The summed E-state index contributed by atoms with van der Waals surface area (Å²) < 4.78 is 37.4. The molecule has 3 aromatic rings. The van der Waals surface area contributed by atoms with Gasteiger partial charge in [0.25, 0.3) is 5.91 Å². The van der Waals surface area contributed by atoms with Crippen LogP contribution in [0.15, 0.2) is 54.6 Å². The second-order valence-electron chi connectivity index (χ2n) is 9.47. The molecule has 1 amide bonds. The SMILES string of the molecule is CC1(C)COc2cc(-c3ccc4c(c3)CCN(c3ccc(O)c(NS(C)(=O)=O)c3)C4=O)ccc2O1. The largest absolute Gasteiger partial charge is 0.506 e. The van der Waals surface area contributed by atoms with Crippen molar-refractivity contribution in [3.63, 3.8) is 0 Å². The molecule has 2 aliphatic rings. The fraction of sp³-hybridized carbons (Fsp3) is 0.269. The molecule has 0 saturated heterocycles. The summed E-state index contributed by atoms with van der Waals surface area (Å²) in [6, 6.07) is 16.0. The molecule has 2 heterocycles. The van der Waals surface area contributed by atoms with Gasteiger partial charge in [-0.2, -0.15) is 0 Å². The predicted molar refractivity (Wildman–Crippen MR) is 134 cm³/mol. The van der Waals surface area contributed by atoms with Crippen LogP contribution in [0.2, 0.25) is 0 Å². The first-order chi connectivity index (χ1) is 16.5. The molecule has 0 bridgehead atoms. The molecule has 8 nitrogen and oxygen atoms in total. The molecule has 3 aromatic carbocycles. The molecule has 0 aromatic heterocycles. The Labute approximate surface area is 204 Å². The Morgan fingerprint density at radius 3 is 2.51 bits per heavy atom. The Kier molecular flexibility index (Phi) is 5.40. The fourth-order valence-electron chi connectivity index (χ4n) is 4.35. The van der Waals surface area contributed by atoms with E-state index in [9.17, 15) is 18.3 Å². The van der Waals surface area contributed by atoms with Crippen LogP contribution in [0.4, 0.5) is 11.4 Å². The van der Waals surface area contributed by atoms with Gasteiger partial charge in [-0.25, -0.2) is 8.42 Å². The van der Waals surface area contributed by atoms with Gasteiger partial charge in [-0.15, -0.1) is 0 Å². The minimum absolute atomic E-state index is 0.0286. The number of carbonyl (C=O) groups is 1. The van der Waals surface area contributed by atoms with Crippen molar-refractivity contribution in [1.29, 1.82) is 0 Å². The van der Waals surface area contributed by atoms with Gasteiger partial charge >= 0.3 is 0 Å². The Hall–Kier alpha value is -3.72. The molecule has 5 rings (SSSR count). The lowest BCUT2D eigenvalue weighted by molar-refractivity contribution is 0.0214. The van der Waals surface area contributed by atoms with Gasteiger partial charge in [0.15, 0.2) is 11.5 Å². The summed E-state index contributed by atoms with van der Waals surface area (Å²) in [5, 5.41) is 10.0. The Morgan fingerprint density at radius 1 is 1.00 bits per heavy atom. The summed E-state index contributed by atoms with van der Waals surface area (Å²) >= 11 is 0. The molecule has 0 fully saturated rings. The summed E-state index contributed by atoms with van der Waals surface area (Å²) in [7, 11) is -3.58. The first kappa shape index (κ1) is 23.0. The van der Waals surface area contributed by atoms with Crippen LogP contribution in [-0.2, 0) is 16.4 Å². The van der Waals surface area contributed by atoms with Crippen molar-refractivity contribution in [3.05, 3.63) is 65.7 Å². The van der Waals surface area contributed by atoms with E-state index in [1.54, 1.807) is 11.0 Å². The third kappa shape index (κ3) is 4.64. The monoisotopic (exact) mass is 494 g/mol. The number of ether oxygens (including phenoxy) is 2. The van der Waals surface area contributed by atoms with E-state index in [2.05, 4.69) is 4.72 Å². The van der Waals surface area contributed by atoms with E-state index in [1.165, 1.54) is 12.1 Å². The lowest BCUT2D eigenvalue weighted by Gasteiger charge is -2.32. The van der Waals surface area contributed by atoms with Gasteiger partial charge in [0.1, 0.15) is 18.0 Å². The number of rotatable bonds is 4. The minimum atomic E-state index is -3.58. The molecule has 0 atom stereocenters. The average Bonchev–Trinajstić information content (AvgIpc) is 2.79. The molecule has 2 N–H and O–H groups in total. The smallest absolute Gasteiger partial charge is 0.258 e. The van der Waals surface area contributed by atoms with Gasteiger partial charge in [-0.1, -0.05) is 18.2 Å². The van der Waals surface area contributed by atoms with Crippen molar-refractivity contribution in [2.24, 2.45) is 0 Å². The maximum absolute atomic E-state index is 13.3. The highest BCUT2D eigenvalue weighted by atomic mass is 32.2. The second-order valence-corrected chi connectivity index (χ2v) is 11.2. The normalized spacial score (nSPS) is 16.5. The maximum Gasteiger partial charge on any atom is 0.258 e. The molecule has 182 valence electrons. The molecule has 0 saturated carbocycles. The van der Waals surface area contributed by atoms with Crippen molar-refractivity contribution in [3.8, 4) is 28.4 Å². The van der Waals surface area contributed by atoms with E-state index in [0.717, 1.165) is 22.9 Å². The van der Waals surface area contributed by atoms with Gasteiger partial charge < -0.3 is 19.5 Å². The standard InChI is InChI=1S/C26H26N2O6S/c1-26(2)15-33-24-13-17(5-9-23(24)34-26)16-4-7-20-18(12-16)10-11-28(25(20)30)19-6-8-22(29)21(14-19)27-35(3,31)32/h4-9,12-14,27,29H,10-11,15H2,1-3H3. The first-order valence-electron chi connectivity index (χ1n) is 11.2. The van der Waals surface area contributed by atoms with Gasteiger partial charge in [-0.05, 0) is 73.4 Å². The van der Waals surface area contributed by atoms with Crippen LogP contribution in [0.25, 0.3) is 11.1 Å². The van der Waals surface area contributed by atoms with Crippen molar-refractivity contribution < 1.29 is 27.8 Å². The minimum Gasteiger partial charge on any atom is -0.506 e. The van der Waals surface area contributed by atoms with Crippen molar-refractivity contribution in [2.75, 3.05) is 29.0 Å². The molecule has 0 unspecified atom stereocenters. The summed E-state index contributed by atoms with van der Waals surface area (Å²) in [5.74, 6) is 1.02. The first-order valence-corrected chi connectivity index (χ1v) is 13.1. The summed E-state index contributed by atoms with van der Waals surface area (Å²) in [4.78, 5) is 14.9. The zero-order chi connectivity index (χ0) is 25.0. The van der Waals surface area contributed by atoms with Gasteiger partial charge in [0, 0.05) is 17.8 Å². The highest BCUT2D eigenvalue weighted by Gasteiger charge is 2.29. The number of phenolic OH excluding ortho intramolecular Hbond substituents is 1. The molecule has 0 spiro atoms. The molecule has 0 aliphatic carbocycles. The maximum atomic E-state index is 13.3. The fourth-order valence-corrected chi connectivity index (χ4v) is 4.91. The summed E-state index contributed by atoms with van der Waals surface area (Å²) in [6.45, 7) is 4.86. The van der Waals surface area contributed by atoms with E-state index in [1.807, 2.05) is 50.2 Å². The van der Waals surface area contributed by atoms with E-state index >= 15 is 0 Å². The number of nitrogens with one attached hydrogen (secondary N) is 1. The highest BCUT2D eigenvalue weighted by molar-refractivity contribution is 7.92. The van der Waals surface area contributed by atoms with Crippen LogP contribution in [0.3, 0.4) is 0 Å². The molecular weight excluding hydrogens is 468 g/mol. The lowest BCUT2D eigenvalue weighted by Crippen LogP contribution is -2.38. The van der Waals surface area contributed by atoms with Gasteiger partial charge in [0.2, 0.25) is 10.0 Å². The number of anilines is 2. The van der Waals surface area contributed by atoms with Crippen molar-refractivity contribution in [2.45, 2.75) is 25.9 Å².